The number of carbonyl (C=O) groups is 1. The molecule has 0 aliphatic carbocycles. The normalized spacial score (nSPS) is 15.2. The summed E-state index contributed by atoms with van der Waals surface area (Å²) in [7, 11) is 3.43. The van der Waals surface area contributed by atoms with E-state index in [0.717, 1.165) is 5.69 Å². The van der Waals surface area contributed by atoms with E-state index in [2.05, 4.69) is 15.4 Å². The zero-order valence-electron chi connectivity index (χ0n) is 15.2. The van der Waals surface area contributed by atoms with Crippen LogP contribution in [0.4, 0.5) is 11.4 Å². The van der Waals surface area contributed by atoms with Gasteiger partial charge in [0.05, 0.1) is 16.8 Å². The minimum atomic E-state index is -0.407. The van der Waals surface area contributed by atoms with Gasteiger partial charge in [-0.2, -0.15) is 5.10 Å². The van der Waals surface area contributed by atoms with Crippen LogP contribution >= 0.6 is 0 Å². The van der Waals surface area contributed by atoms with Gasteiger partial charge in [-0.15, -0.1) is 0 Å². The highest BCUT2D eigenvalue weighted by Crippen LogP contribution is 2.18. The van der Waals surface area contributed by atoms with Gasteiger partial charge in [-0.25, -0.2) is 0 Å². The molecule has 10 nitrogen and oxygen atoms in total. The Morgan fingerprint density at radius 3 is 2.78 bits per heavy atom. The van der Waals surface area contributed by atoms with Crippen LogP contribution in [0.2, 0.25) is 0 Å². The second kappa shape index (κ2) is 7.85. The van der Waals surface area contributed by atoms with Crippen LogP contribution in [0.3, 0.4) is 0 Å². The number of rotatable bonds is 4. The summed E-state index contributed by atoms with van der Waals surface area (Å²) in [6.07, 6.45) is 3.46. The van der Waals surface area contributed by atoms with Crippen molar-refractivity contribution in [1.82, 2.24) is 20.0 Å². The Morgan fingerprint density at radius 1 is 1.37 bits per heavy atom. The zero-order chi connectivity index (χ0) is 19.4. The fraction of sp³-hybridized carbons (Fsp3) is 0.353. The Labute approximate surface area is 156 Å². The number of hydrogen-bond donors (Lipinski definition) is 1. The predicted molar refractivity (Wildman–Crippen MR) is 100 cm³/mol. The minimum absolute atomic E-state index is 0.0529. The fourth-order valence-electron chi connectivity index (χ4n) is 3.02. The molecule has 0 bridgehead atoms. The van der Waals surface area contributed by atoms with Crippen LogP contribution in [0.1, 0.15) is 5.56 Å². The summed E-state index contributed by atoms with van der Waals surface area (Å²) in [4.78, 5) is 31.0. The van der Waals surface area contributed by atoms with Crippen molar-refractivity contribution < 1.29 is 9.72 Å². The molecule has 1 aliphatic heterocycles. The number of piperazine rings is 1. The highest BCUT2D eigenvalue weighted by atomic mass is 16.6. The number of benzene rings is 1. The van der Waals surface area contributed by atoms with Crippen LogP contribution < -0.4 is 10.2 Å². The number of amides is 1. The van der Waals surface area contributed by atoms with Crippen molar-refractivity contribution in [2.24, 2.45) is 12.0 Å². The van der Waals surface area contributed by atoms with Crippen molar-refractivity contribution in [3.63, 3.8) is 0 Å². The van der Waals surface area contributed by atoms with Gasteiger partial charge in [0.25, 0.3) is 5.69 Å². The van der Waals surface area contributed by atoms with Gasteiger partial charge in [-0.3, -0.25) is 24.6 Å². The molecule has 2 aromatic rings. The second-order valence-corrected chi connectivity index (χ2v) is 6.13. The summed E-state index contributed by atoms with van der Waals surface area (Å²) in [5.41, 5.74) is 1.38. The van der Waals surface area contributed by atoms with Gasteiger partial charge < -0.3 is 15.1 Å². The van der Waals surface area contributed by atoms with Crippen LogP contribution in [0.5, 0.6) is 0 Å². The van der Waals surface area contributed by atoms with E-state index in [9.17, 15) is 14.9 Å². The van der Waals surface area contributed by atoms with E-state index in [0.29, 0.717) is 24.6 Å². The maximum Gasteiger partial charge on any atom is 0.274 e. The number of nitro benzene ring substituents is 1. The molecule has 27 heavy (non-hydrogen) atoms. The maximum atomic E-state index is 12.5. The number of aromatic nitrogens is 2. The minimum Gasteiger partial charge on any atom is -0.352 e. The lowest BCUT2D eigenvalue weighted by atomic mass is 10.2. The summed E-state index contributed by atoms with van der Waals surface area (Å²) in [5, 5.41) is 18.3. The molecule has 3 rings (SSSR count). The van der Waals surface area contributed by atoms with E-state index in [4.69, 9.17) is 0 Å². The van der Waals surface area contributed by atoms with Gasteiger partial charge in [0.2, 0.25) is 5.91 Å². The van der Waals surface area contributed by atoms with Crippen molar-refractivity contribution in [2.75, 3.05) is 31.6 Å². The Kier molecular flexibility index (Phi) is 5.34. The van der Waals surface area contributed by atoms with Gasteiger partial charge in [-0.1, -0.05) is 18.2 Å². The number of nitrogens with zero attached hydrogens (tertiary/aromatic N) is 6. The van der Waals surface area contributed by atoms with Gasteiger partial charge in [0.15, 0.2) is 5.96 Å². The summed E-state index contributed by atoms with van der Waals surface area (Å²) in [5.74, 6) is 0.482. The van der Waals surface area contributed by atoms with Crippen molar-refractivity contribution in [1.29, 1.82) is 0 Å². The number of nitro groups is 1. The quantitative estimate of drug-likeness (QED) is 0.368. The van der Waals surface area contributed by atoms with Crippen LogP contribution in [0.25, 0.3) is 0 Å². The molecular formula is C17H21N7O3. The fourth-order valence-corrected chi connectivity index (χ4v) is 3.02. The first kappa shape index (κ1) is 18.4. The first-order chi connectivity index (χ1) is 13.0. The monoisotopic (exact) mass is 371 g/mol. The number of nitrogens with one attached hydrogen (secondary N) is 1. The van der Waals surface area contributed by atoms with E-state index >= 15 is 0 Å². The van der Waals surface area contributed by atoms with Crippen molar-refractivity contribution in [3.8, 4) is 0 Å². The van der Waals surface area contributed by atoms with E-state index in [1.165, 1.54) is 6.07 Å². The predicted octanol–water partition coefficient (Wildman–Crippen LogP) is 0.752. The summed E-state index contributed by atoms with van der Waals surface area (Å²) >= 11 is 0. The third kappa shape index (κ3) is 4.05. The van der Waals surface area contributed by atoms with Crippen molar-refractivity contribution >= 4 is 23.2 Å². The Morgan fingerprint density at radius 2 is 2.15 bits per heavy atom. The second-order valence-electron chi connectivity index (χ2n) is 6.13. The highest BCUT2D eigenvalue weighted by molar-refractivity contribution is 5.98. The SMILES string of the molecule is CN=C(NCc1ccccc1[N+](=O)[O-])N1CCN(c2cnn(C)c2)C(=O)C1. The zero-order valence-corrected chi connectivity index (χ0v) is 15.2. The molecule has 0 saturated carbocycles. The Hall–Kier alpha value is -3.43. The number of carbonyl (C=O) groups excluding carboxylic acids is 1. The molecule has 1 aromatic heterocycles. The molecule has 1 aliphatic rings. The molecule has 0 atom stereocenters. The number of para-hydroxylation sites is 1. The lowest BCUT2D eigenvalue weighted by Crippen LogP contribution is -2.55. The molecule has 1 fully saturated rings. The first-order valence-electron chi connectivity index (χ1n) is 8.46. The van der Waals surface area contributed by atoms with Crippen LogP contribution in [0.15, 0.2) is 41.7 Å². The average molecular weight is 371 g/mol. The number of guanidine groups is 1. The first-order valence-corrected chi connectivity index (χ1v) is 8.46. The van der Waals surface area contributed by atoms with Crippen LogP contribution in [-0.2, 0) is 18.4 Å². The third-order valence-corrected chi connectivity index (χ3v) is 4.36. The molecule has 10 heteroatoms. The Bertz CT molecular complexity index is 877. The molecule has 1 N–H and O–H groups in total. The Balaban J connectivity index is 1.64. The van der Waals surface area contributed by atoms with E-state index in [1.54, 1.807) is 54.3 Å². The van der Waals surface area contributed by atoms with Crippen LogP contribution in [-0.4, -0.2) is 58.2 Å². The van der Waals surface area contributed by atoms with E-state index in [-0.39, 0.29) is 24.7 Å². The van der Waals surface area contributed by atoms with Gasteiger partial charge in [0, 0.05) is 51.6 Å². The molecule has 1 saturated heterocycles. The van der Waals surface area contributed by atoms with Crippen molar-refractivity contribution in [3.05, 3.63) is 52.3 Å². The number of anilines is 1. The van der Waals surface area contributed by atoms with Gasteiger partial charge >= 0.3 is 0 Å². The number of aliphatic imine (C=N–C) groups is 1. The third-order valence-electron chi connectivity index (χ3n) is 4.36. The summed E-state index contributed by atoms with van der Waals surface area (Å²) in [6, 6.07) is 6.55. The largest absolute Gasteiger partial charge is 0.352 e. The molecule has 142 valence electrons. The molecule has 0 spiro atoms. The lowest BCUT2D eigenvalue weighted by Gasteiger charge is -2.35. The molecule has 1 amide bonds. The smallest absolute Gasteiger partial charge is 0.274 e. The van der Waals surface area contributed by atoms with E-state index < -0.39 is 4.92 Å². The molecule has 1 aromatic carbocycles. The topological polar surface area (TPSA) is 109 Å². The standard InChI is InChI=1S/C17H21N7O3/c1-18-17(19-9-13-5-3-4-6-15(13)24(26)27)22-7-8-23(16(25)12-22)14-10-20-21(2)11-14/h3-6,10-11H,7-9,12H2,1-2H3,(H,18,19). The highest BCUT2D eigenvalue weighted by Gasteiger charge is 2.27. The summed E-state index contributed by atoms with van der Waals surface area (Å²) < 4.78 is 1.65. The molecule has 2 heterocycles. The summed E-state index contributed by atoms with van der Waals surface area (Å²) in [6.45, 7) is 1.53. The van der Waals surface area contributed by atoms with Crippen molar-refractivity contribution in [2.45, 2.75) is 6.54 Å². The van der Waals surface area contributed by atoms with Gasteiger partial charge in [0.1, 0.15) is 6.54 Å². The number of hydrogen-bond acceptors (Lipinski definition) is 5. The van der Waals surface area contributed by atoms with Crippen LogP contribution in [0, 0.1) is 10.1 Å². The molecule has 0 unspecified atom stereocenters. The average Bonchev–Trinajstić information content (AvgIpc) is 3.08. The maximum absolute atomic E-state index is 12.5. The van der Waals surface area contributed by atoms with E-state index in [1.807, 2.05) is 4.90 Å². The molecule has 0 radical (unpaired) electrons. The molecular weight excluding hydrogens is 350 g/mol. The van der Waals surface area contributed by atoms with Gasteiger partial charge in [-0.05, 0) is 0 Å². The number of aryl methyl sites for hydroxylation is 1. The lowest BCUT2D eigenvalue weighted by molar-refractivity contribution is -0.385.